The first-order valence-electron chi connectivity index (χ1n) is 10.2. The number of amides is 1. The van der Waals surface area contributed by atoms with E-state index in [9.17, 15) is 26.7 Å². The average Bonchev–Trinajstić information content (AvgIpc) is 3.33. The van der Waals surface area contributed by atoms with Crippen LogP contribution in [0.4, 0.5) is 27.8 Å². The lowest BCUT2D eigenvalue weighted by atomic mass is 10.1. The first-order valence-corrected chi connectivity index (χ1v) is 10.5. The minimum atomic E-state index is -4.50. The Morgan fingerprint density at radius 1 is 1.19 bits per heavy atom. The number of hydrogen-bond donors (Lipinski definition) is 1. The fraction of sp³-hybridized carbons (Fsp3) is 0.684. The molecule has 1 amide bonds. The molecule has 12 heteroatoms. The van der Waals surface area contributed by atoms with Crippen LogP contribution in [-0.2, 0) is 11.0 Å². The highest BCUT2D eigenvalue weighted by Crippen LogP contribution is 2.34. The smallest absolute Gasteiger partial charge is 0.353 e. The van der Waals surface area contributed by atoms with Crippen LogP contribution < -0.4 is 10.2 Å². The van der Waals surface area contributed by atoms with Crippen LogP contribution in [0.25, 0.3) is 0 Å². The minimum Gasteiger partial charge on any atom is -0.353 e. The van der Waals surface area contributed by atoms with Crippen LogP contribution in [0.2, 0.25) is 5.02 Å². The summed E-state index contributed by atoms with van der Waals surface area (Å²) in [5, 5.41) is 3.11. The summed E-state index contributed by atoms with van der Waals surface area (Å²) in [7, 11) is 0. The Morgan fingerprint density at radius 3 is 2.48 bits per heavy atom. The second-order valence-electron chi connectivity index (χ2n) is 8.27. The summed E-state index contributed by atoms with van der Waals surface area (Å²) in [4.78, 5) is 21.7. The Labute approximate surface area is 181 Å². The van der Waals surface area contributed by atoms with Gasteiger partial charge in [0.1, 0.15) is 5.82 Å². The fourth-order valence-corrected chi connectivity index (χ4v) is 4.73. The Kier molecular flexibility index (Phi) is 6.04. The van der Waals surface area contributed by atoms with Gasteiger partial charge in [-0.05, 0) is 12.5 Å². The molecule has 0 aliphatic carbocycles. The van der Waals surface area contributed by atoms with Crippen LogP contribution in [0, 0.1) is 0 Å². The maximum Gasteiger partial charge on any atom is 0.417 e. The second-order valence-corrected chi connectivity index (χ2v) is 8.67. The van der Waals surface area contributed by atoms with E-state index >= 15 is 0 Å². The number of aromatic nitrogens is 1. The van der Waals surface area contributed by atoms with Crippen molar-refractivity contribution in [2.24, 2.45) is 0 Å². The molecule has 3 saturated heterocycles. The van der Waals surface area contributed by atoms with Gasteiger partial charge in [0, 0.05) is 57.9 Å². The Hall–Kier alpha value is -1.72. The van der Waals surface area contributed by atoms with E-state index < -0.39 is 30.2 Å². The Bertz CT molecular complexity index is 830. The lowest BCUT2D eigenvalue weighted by Crippen LogP contribution is -2.51. The maximum absolute atomic E-state index is 13.4. The number of hydrogen-bond acceptors (Lipinski definition) is 5. The zero-order chi connectivity index (χ0) is 22.4. The molecule has 0 radical (unpaired) electrons. The third kappa shape index (κ3) is 4.88. The van der Waals surface area contributed by atoms with E-state index in [1.807, 2.05) is 4.90 Å². The summed E-state index contributed by atoms with van der Waals surface area (Å²) in [5.41, 5.74) is -0.886. The molecule has 0 aromatic carbocycles. The summed E-state index contributed by atoms with van der Waals surface area (Å²) in [5.74, 6) is -2.77. The van der Waals surface area contributed by atoms with Gasteiger partial charge in [0.2, 0.25) is 5.91 Å². The van der Waals surface area contributed by atoms with Gasteiger partial charge in [-0.2, -0.15) is 13.2 Å². The van der Waals surface area contributed by atoms with Crippen molar-refractivity contribution in [1.29, 1.82) is 0 Å². The zero-order valence-corrected chi connectivity index (χ0v) is 17.4. The molecule has 0 spiro atoms. The van der Waals surface area contributed by atoms with Crippen LogP contribution in [0.15, 0.2) is 12.3 Å². The Morgan fingerprint density at radius 2 is 1.90 bits per heavy atom. The molecule has 3 fully saturated rings. The van der Waals surface area contributed by atoms with E-state index in [0.717, 1.165) is 12.3 Å². The quantitative estimate of drug-likeness (QED) is 0.692. The topological polar surface area (TPSA) is 51.7 Å². The van der Waals surface area contributed by atoms with Crippen molar-refractivity contribution in [3.05, 3.63) is 22.8 Å². The van der Waals surface area contributed by atoms with Gasteiger partial charge in [-0.1, -0.05) is 11.6 Å². The van der Waals surface area contributed by atoms with E-state index in [-0.39, 0.29) is 29.9 Å². The van der Waals surface area contributed by atoms with Gasteiger partial charge in [0.15, 0.2) is 0 Å². The first kappa shape index (κ1) is 22.5. The van der Waals surface area contributed by atoms with E-state index in [1.165, 1.54) is 4.90 Å². The standard InChI is InChI=1S/C19H23ClF5N5O/c20-14-7-12(19(23,24)25)9-27-16(14)29-5-3-28(4-6-29)13-8-15(26-10-13)17(31)30-2-1-18(21,22)11-30/h7,9,13,15,26H,1-6,8,10-11H2/t13-,15-/m0/s1. The van der Waals surface area contributed by atoms with Gasteiger partial charge < -0.3 is 15.1 Å². The minimum absolute atomic E-state index is 0.0427. The predicted octanol–water partition coefficient (Wildman–Crippen LogP) is 2.47. The summed E-state index contributed by atoms with van der Waals surface area (Å²) in [6.45, 7) is 2.47. The highest BCUT2D eigenvalue weighted by molar-refractivity contribution is 6.33. The molecule has 31 heavy (non-hydrogen) atoms. The first-order chi connectivity index (χ1) is 14.5. The zero-order valence-electron chi connectivity index (χ0n) is 16.6. The number of piperazine rings is 1. The summed E-state index contributed by atoms with van der Waals surface area (Å²) in [6, 6.07) is 0.508. The van der Waals surface area contributed by atoms with Crippen molar-refractivity contribution < 1.29 is 26.7 Å². The number of halogens is 6. The molecule has 6 nitrogen and oxygen atoms in total. The van der Waals surface area contributed by atoms with E-state index in [4.69, 9.17) is 11.6 Å². The van der Waals surface area contributed by atoms with Crippen LogP contribution >= 0.6 is 11.6 Å². The fourth-order valence-electron chi connectivity index (χ4n) is 4.45. The van der Waals surface area contributed by atoms with Gasteiger partial charge in [-0.3, -0.25) is 9.69 Å². The number of likely N-dealkylation sites (tertiary alicyclic amines) is 1. The summed E-state index contributed by atoms with van der Waals surface area (Å²) in [6.07, 6.45) is -3.47. The van der Waals surface area contributed by atoms with Gasteiger partial charge in [-0.15, -0.1) is 0 Å². The van der Waals surface area contributed by atoms with Crippen LogP contribution in [0.5, 0.6) is 0 Å². The number of alkyl halides is 5. The predicted molar refractivity (Wildman–Crippen MR) is 104 cm³/mol. The van der Waals surface area contributed by atoms with Gasteiger partial charge in [0.25, 0.3) is 5.92 Å². The van der Waals surface area contributed by atoms with Gasteiger partial charge >= 0.3 is 6.18 Å². The lowest BCUT2D eigenvalue weighted by molar-refractivity contribution is -0.137. The molecule has 1 aromatic rings. The van der Waals surface area contributed by atoms with Crippen LogP contribution in [0.1, 0.15) is 18.4 Å². The number of nitrogens with zero attached hydrogens (tertiary/aromatic N) is 4. The van der Waals surface area contributed by atoms with Crippen molar-refractivity contribution in [2.75, 3.05) is 50.7 Å². The molecule has 0 saturated carbocycles. The second kappa shape index (κ2) is 8.32. The van der Waals surface area contributed by atoms with E-state index in [1.54, 1.807) is 0 Å². The molecule has 2 atom stereocenters. The van der Waals surface area contributed by atoms with Crippen molar-refractivity contribution in [2.45, 2.75) is 37.0 Å². The Balaban J connectivity index is 1.30. The number of carbonyl (C=O) groups excluding carboxylic acids is 1. The number of pyridine rings is 1. The monoisotopic (exact) mass is 467 g/mol. The largest absolute Gasteiger partial charge is 0.417 e. The molecular weight excluding hydrogens is 445 g/mol. The van der Waals surface area contributed by atoms with Gasteiger partial charge in [0.05, 0.1) is 23.2 Å². The average molecular weight is 468 g/mol. The molecule has 0 unspecified atom stereocenters. The molecular formula is C19H23ClF5N5O. The molecule has 4 rings (SSSR count). The van der Waals surface area contributed by atoms with E-state index in [2.05, 4.69) is 15.2 Å². The molecule has 0 bridgehead atoms. The molecule has 1 N–H and O–H groups in total. The molecule has 3 aliphatic rings. The van der Waals surface area contributed by atoms with Crippen molar-refractivity contribution in [3.63, 3.8) is 0 Å². The van der Waals surface area contributed by atoms with Crippen molar-refractivity contribution in [3.8, 4) is 0 Å². The number of rotatable bonds is 3. The molecule has 172 valence electrons. The SMILES string of the molecule is O=C([C@@H]1C[C@H](N2CCN(c3ncc(C(F)(F)F)cc3Cl)CC2)CN1)N1CCC(F)(F)C1. The van der Waals surface area contributed by atoms with Crippen LogP contribution in [-0.4, -0.2) is 84.5 Å². The summed E-state index contributed by atoms with van der Waals surface area (Å²) >= 11 is 6.05. The highest BCUT2D eigenvalue weighted by Gasteiger charge is 2.44. The third-order valence-corrected chi connectivity index (χ3v) is 6.44. The lowest BCUT2D eigenvalue weighted by Gasteiger charge is -2.38. The maximum atomic E-state index is 13.4. The molecule has 3 aliphatic heterocycles. The highest BCUT2D eigenvalue weighted by atomic mass is 35.5. The van der Waals surface area contributed by atoms with Crippen molar-refractivity contribution in [1.82, 2.24) is 20.1 Å². The number of carbonyl (C=O) groups is 1. The van der Waals surface area contributed by atoms with Crippen LogP contribution in [0.3, 0.4) is 0 Å². The third-order valence-electron chi connectivity index (χ3n) is 6.17. The number of anilines is 1. The number of nitrogens with one attached hydrogen (secondary N) is 1. The molecule has 1 aromatic heterocycles. The molecule has 4 heterocycles. The van der Waals surface area contributed by atoms with Gasteiger partial charge in [-0.25, -0.2) is 13.8 Å². The summed E-state index contributed by atoms with van der Waals surface area (Å²) < 4.78 is 65.2. The van der Waals surface area contributed by atoms with E-state index in [0.29, 0.717) is 45.0 Å². The normalized spacial score (nSPS) is 27.2. The van der Waals surface area contributed by atoms with Crippen molar-refractivity contribution >= 4 is 23.3 Å².